The lowest BCUT2D eigenvalue weighted by Crippen LogP contribution is -2.32. The summed E-state index contributed by atoms with van der Waals surface area (Å²) < 4.78 is 0. The largest absolute Gasteiger partial charge is 0.352 e. The summed E-state index contributed by atoms with van der Waals surface area (Å²) in [6.45, 7) is 14.3. The molecule has 0 aliphatic heterocycles. The molecule has 0 radical (unpaired) electrons. The molecule has 1 aromatic rings. The van der Waals surface area contributed by atoms with Crippen molar-refractivity contribution in [3.05, 3.63) is 66.8 Å². The first-order valence-electron chi connectivity index (χ1n) is 7.85. The highest BCUT2D eigenvalue weighted by molar-refractivity contribution is 5.79. The minimum atomic E-state index is 0.0853. The van der Waals surface area contributed by atoms with Gasteiger partial charge in [0.05, 0.1) is 0 Å². The normalized spacial score (nSPS) is 12.8. The number of carbonyl (C=O) groups is 1. The van der Waals surface area contributed by atoms with E-state index in [4.69, 9.17) is 0 Å². The number of amides is 1. The summed E-state index contributed by atoms with van der Waals surface area (Å²) in [5.74, 6) is 0.591. The predicted molar refractivity (Wildman–Crippen MR) is 95.3 cm³/mol. The third kappa shape index (κ3) is 5.03. The number of rotatable bonds is 8. The van der Waals surface area contributed by atoms with Crippen molar-refractivity contribution >= 4 is 11.5 Å². The Morgan fingerprint density at radius 2 is 1.86 bits per heavy atom. The Balaban J connectivity index is 2.69. The monoisotopic (exact) mass is 297 g/mol. The van der Waals surface area contributed by atoms with Crippen molar-refractivity contribution in [1.29, 1.82) is 0 Å². The highest BCUT2D eigenvalue weighted by atomic mass is 16.1. The molecule has 2 heteroatoms. The fraction of sp³-hybridized carbons (Fsp3) is 0.350. The van der Waals surface area contributed by atoms with Crippen molar-refractivity contribution in [2.45, 2.75) is 33.7 Å². The molecular formula is C20H27NO. The van der Waals surface area contributed by atoms with Gasteiger partial charge in [0.1, 0.15) is 0 Å². The standard InChI is InChI=1S/C20H27NO/c1-6-9-17(7-2)18-12-10-16(11-13-18)14-21-20(22)19(8-3)15(4)5/h6-7,9-13,15,19H,1-2,8,14H2,3-5H3,(H,21,22)/b17-9+. The lowest BCUT2D eigenvalue weighted by Gasteiger charge is -2.18. The number of allylic oxidation sites excluding steroid dienone is 4. The van der Waals surface area contributed by atoms with E-state index in [1.165, 1.54) is 0 Å². The van der Waals surface area contributed by atoms with Gasteiger partial charge in [0.25, 0.3) is 0 Å². The van der Waals surface area contributed by atoms with Gasteiger partial charge < -0.3 is 5.32 Å². The minimum absolute atomic E-state index is 0.0853. The van der Waals surface area contributed by atoms with Crippen LogP contribution in [0.4, 0.5) is 0 Å². The summed E-state index contributed by atoms with van der Waals surface area (Å²) in [5.41, 5.74) is 3.23. The number of carbonyl (C=O) groups excluding carboxylic acids is 1. The molecule has 0 aromatic heterocycles. The predicted octanol–water partition coefficient (Wildman–Crippen LogP) is 4.74. The molecule has 0 aliphatic carbocycles. The first kappa shape index (κ1) is 18.0. The van der Waals surface area contributed by atoms with E-state index in [0.717, 1.165) is 23.1 Å². The molecule has 1 atom stereocenters. The first-order valence-corrected chi connectivity index (χ1v) is 7.85. The average molecular weight is 297 g/mol. The molecule has 1 N–H and O–H groups in total. The van der Waals surface area contributed by atoms with E-state index in [2.05, 4.69) is 39.2 Å². The van der Waals surface area contributed by atoms with Crippen molar-refractivity contribution in [1.82, 2.24) is 5.32 Å². The maximum atomic E-state index is 12.2. The summed E-state index contributed by atoms with van der Waals surface area (Å²) in [5, 5.41) is 3.03. The van der Waals surface area contributed by atoms with Crippen LogP contribution in [0.3, 0.4) is 0 Å². The second-order valence-corrected chi connectivity index (χ2v) is 5.74. The van der Waals surface area contributed by atoms with E-state index in [-0.39, 0.29) is 11.8 Å². The Kier molecular flexibility index (Phi) is 7.38. The Morgan fingerprint density at radius 3 is 2.32 bits per heavy atom. The third-order valence-electron chi connectivity index (χ3n) is 3.85. The van der Waals surface area contributed by atoms with E-state index in [9.17, 15) is 4.79 Å². The minimum Gasteiger partial charge on any atom is -0.352 e. The van der Waals surface area contributed by atoms with Crippen molar-refractivity contribution in [3.63, 3.8) is 0 Å². The van der Waals surface area contributed by atoms with Gasteiger partial charge in [0, 0.05) is 12.5 Å². The van der Waals surface area contributed by atoms with E-state index < -0.39 is 0 Å². The van der Waals surface area contributed by atoms with Crippen LogP contribution in [0.15, 0.2) is 55.7 Å². The molecule has 118 valence electrons. The number of hydrogen-bond acceptors (Lipinski definition) is 1. The molecular weight excluding hydrogens is 270 g/mol. The van der Waals surface area contributed by atoms with Crippen LogP contribution in [0.1, 0.15) is 38.3 Å². The highest BCUT2D eigenvalue weighted by Crippen LogP contribution is 2.17. The van der Waals surface area contributed by atoms with Crippen molar-refractivity contribution in [2.75, 3.05) is 0 Å². The summed E-state index contributed by atoms with van der Waals surface area (Å²) in [6.07, 6.45) is 6.37. The fourth-order valence-corrected chi connectivity index (χ4v) is 2.50. The smallest absolute Gasteiger partial charge is 0.223 e. The number of nitrogens with one attached hydrogen (secondary N) is 1. The summed E-state index contributed by atoms with van der Waals surface area (Å²) >= 11 is 0. The van der Waals surface area contributed by atoms with Crippen LogP contribution in [0.2, 0.25) is 0 Å². The first-order chi connectivity index (χ1) is 10.5. The molecule has 1 rings (SSSR count). The van der Waals surface area contributed by atoms with Gasteiger partial charge in [0.2, 0.25) is 5.91 Å². The Hall–Kier alpha value is -2.09. The van der Waals surface area contributed by atoms with Crippen LogP contribution in [-0.2, 0) is 11.3 Å². The molecule has 1 amide bonds. The van der Waals surface area contributed by atoms with Gasteiger partial charge in [-0.15, -0.1) is 0 Å². The zero-order chi connectivity index (χ0) is 16.5. The molecule has 0 saturated carbocycles. The Bertz CT molecular complexity index is 537. The second-order valence-electron chi connectivity index (χ2n) is 5.74. The van der Waals surface area contributed by atoms with Crippen LogP contribution >= 0.6 is 0 Å². The van der Waals surface area contributed by atoms with Gasteiger partial charge in [-0.05, 0) is 29.0 Å². The SMILES string of the molecule is C=C/C=C(\C=C)c1ccc(CNC(=O)C(CC)C(C)C)cc1. The van der Waals surface area contributed by atoms with Crippen LogP contribution < -0.4 is 5.32 Å². The second kappa shape index (κ2) is 9.04. The molecule has 0 fully saturated rings. The van der Waals surface area contributed by atoms with Crippen LogP contribution in [0.25, 0.3) is 5.57 Å². The van der Waals surface area contributed by atoms with Crippen molar-refractivity contribution in [3.8, 4) is 0 Å². The van der Waals surface area contributed by atoms with E-state index in [1.807, 2.05) is 36.4 Å². The van der Waals surface area contributed by atoms with Gasteiger partial charge in [-0.3, -0.25) is 4.79 Å². The Morgan fingerprint density at radius 1 is 1.23 bits per heavy atom. The van der Waals surface area contributed by atoms with Gasteiger partial charge in [-0.2, -0.15) is 0 Å². The molecule has 0 bridgehead atoms. The Labute approximate surface area is 134 Å². The lowest BCUT2D eigenvalue weighted by atomic mass is 9.92. The van der Waals surface area contributed by atoms with E-state index in [1.54, 1.807) is 6.08 Å². The molecule has 0 saturated heterocycles. The molecule has 0 aliphatic rings. The maximum Gasteiger partial charge on any atom is 0.223 e. The topological polar surface area (TPSA) is 29.1 Å². The molecule has 0 spiro atoms. The van der Waals surface area contributed by atoms with Crippen molar-refractivity contribution in [2.24, 2.45) is 11.8 Å². The van der Waals surface area contributed by atoms with Crippen LogP contribution in [0, 0.1) is 11.8 Å². The summed E-state index contributed by atoms with van der Waals surface area (Å²) in [6, 6.07) is 8.15. The molecule has 1 aromatic carbocycles. The summed E-state index contributed by atoms with van der Waals surface area (Å²) in [7, 11) is 0. The zero-order valence-corrected chi connectivity index (χ0v) is 13.9. The zero-order valence-electron chi connectivity index (χ0n) is 13.9. The van der Waals surface area contributed by atoms with Crippen LogP contribution in [0.5, 0.6) is 0 Å². The molecule has 2 nitrogen and oxygen atoms in total. The molecule has 0 heterocycles. The van der Waals surface area contributed by atoms with Gasteiger partial charge in [-0.25, -0.2) is 0 Å². The van der Waals surface area contributed by atoms with E-state index >= 15 is 0 Å². The number of hydrogen-bond donors (Lipinski definition) is 1. The quantitative estimate of drug-likeness (QED) is 0.690. The fourth-order valence-electron chi connectivity index (χ4n) is 2.50. The highest BCUT2D eigenvalue weighted by Gasteiger charge is 2.19. The number of benzene rings is 1. The molecule has 1 unspecified atom stereocenters. The lowest BCUT2D eigenvalue weighted by molar-refractivity contribution is -0.126. The molecule has 22 heavy (non-hydrogen) atoms. The average Bonchev–Trinajstić information content (AvgIpc) is 2.51. The van der Waals surface area contributed by atoms with Gasteiger partial charge >= 0.3 is 0 Å². The van der Waals surface area contributed by atoms with Gasteiger partial charge in [0.15, 0.2) is 0 Å². The van der Waals surface area contributed by atoms with Crippen LogP contribution in [-0.4, -0.2) is 5.91 Å². The summed E-state index contributed by atoms with van der Waals surface area (Å²) in [4.78, 5) is 12.2. The van der Waals surface area contributed by atoms with E-state index in [0.29, 0.717) is 12.5 Å². The van der Waals surface area contributed by atoms with Gasteiger partial charge in [-0.1, -0.05) is 76.4 Å². The third-order valence-corrected chi connectivity index (χ3v) is 3.85. The van der Waals surface area contributed by atoms with Crippen molar-refractivity contribution < 1.29 is 4.79 Å². The maximum absolute atomic E-state index is 12.2.